The molecule has 1 saturated carbocycles. The van der Waals surface area contributed by atoms with E-state index < -0.39 is 10.1 Å². The molecule has 1 aliphatic carbocycles. The van der Waals surface area contributed by atoms with Gasteiger partial charge >= 0.3 is 0 Å². The van der Waals surface area contributed by atoms with Crippen LogP contribution in [0.1, 0.15) is 42.7 Å². The molecule has 7 nitrogen and oxygen atoms in total. The Balaban J connectivity index is 0.000000444. The number of pyridine rings is 1. The lowest BCUT2D eigenvalue weighted by atomic mass is 9.68. The van der Waals surface area contributed by atoms with Crippen LogP contribution in [-0.4, -0.2) is 49.8 Å². The zero-order valence-electron chi connectivity index (χ0n) is 18.7. The lowest BCUT2D eigenvalue weighted by Gasteiger charge is -2.50. The van der Waals surface area contributed by atoms with Gasteiger partial charge in [0.15, 0.2) is 0 Å². The van der Waals surface area contributed by atoms with Gasteiger partial charge in [0.1, 0.15) is 11.3 Å². The van der Waals surface area contributed by atoms with E-state index in [2.05, 4.69) is 49.3 Å². The summed E-state index contributed by atoms with van der Waals surface area (Å²) in [7, 11) is 0.681. The molecule has 5 rings (SSSR count). The molecule has 1 aromatic carbocycles. The Hall–Kier alpha value is -2.26. The average Bonchev–Trinajstić information content (AvgIpc) is 3.14. The molecule has 172 valence electrons. The van der Waals surface area contributed by atoms with Crippen molar-refractivity contribution in [3.05, 3.63) is 65.7 Å². The molecule has 3 heterocycles. The van der Waals surface area contributed by atoms with E-state index in [-0.39, 0.29) is 11.1 Å². The molecule has 0 bridgehead atoms. The largest absolute Gasteiger partial charge is 0.461 e. The second-order valence-electron chi connectivity index (χ2n) is 8.86. The van der Waals surface area contributed by atoms with Gasteiger partial charge in [-0.2, -0.15) is 8.42 Å². The summed E-state index contributed by atoms with van der Waals surface area (Å²) in [5.41, 5.74) is 3.19. The predicted octanol–water partition coefficient (Wildman–Crippen LogP) is 4.13. The Labute approximate surface area is 189 Å². The van der Waals surface area contributed by atoms with E-state index >= 15 is 0 Å². The zero-order chi connectivity index (χ0) is 23.0. The Morgan fingerprint density at radius 1 is 1.03 bits per heavy atom. The van der Waals surface area contributed by atoms with Crippen LogP contribution in [0.25, 0.3) is 11.0 Å². The van der Waals surface area contributed by atoms with Gasteiger partial charge in [0, 0.05) is 23.6 Å². The maximum Gasteiger partial charge on any atom is 0.261 e. The third-order valence-corrected chi connectivity index (χ3v) is 6.71. The van der Waals surface area contributed by atoms with Gasteiger partial charge in [0.25, 0.3) is 10.1 Å². The highest BCUT2D eigenvalue weighted by Gasteiger charge is 2.50. The number of benzene rings is 1. The molecule has 1 N–H and O–H groups in total. The molecule has 3 aromatic rings. The van der Waals surface area contributed by atoms with Gasteiger partial charge in [-0.1, -0.05) is 24.3 Å². The van der Waals surface area contributed by atoms with Crippen LogP contribution in [-0.2, 0) is 32.4 Å². The van der Waals surface area contributed by atoms with Crippen LogP contribution >= 0.6 is 0 Å². The first-order valence-electron chi connectivity index (χ1n) is 10.8. The fourth-order valence-electron chi connectivity index (χ4n) is 5.22. The Morgan fingerprint density at radius 3 is 2.31 bits per heavy atom. The quantitative estimate of drug-likeness (QED) is 0.577. The number of hydrogen-bond acceptors (Lipinski definition) is 6. The van der Waals surface area contributed by atoms with E-state index in [1.165, 1.54) is 10.9 Å². The van der Waals surface area contributed by atoms with Gasteiger partial charge in [0.05, 0.1) is 29.7 Å². The van der Waals surface area contributed by atoms with E-state index in [0.717, 1.165) is 55.7 Å². The first-order valence-corrected chi connectivity index (χ1v) is 12.7. The molecule has 2 aliphatic rings. The smallest absolute Gasteiger partial charge is 0.261 e. The first kappa shape index (κ1) is 22.9. The minimum absolute atomic E-state index is 0.0347. The van der Waals surface area contributed by atoms with Gasteiger partial charge in [-0.15, -0.1) is 0 Å². The Kier molecular flexibility index (Phi) is 6.15. The number of fused-ring (bicyclic) bond motifs is 4. The van der Waals surface area contributed by atoms with Crippen molar-refractivity contribution in [2.45, 2.75) is 43.2 Å². The second kappa shape index (κ2) is 8.59. The molecule has 1 aliphatic heterocycles. The van der Waals surface area contributed by atoms with Gasteiger partial charge < -0.3 is 9.15 Å². The lowest BCUT2D eigenvalue weighted by molar-refractivity contribution is -0.113. The number of ether oxygens (including phenoxy) is 1. The van der Waals surface area contributed by atoms with Crippen LogP contribution in [0.3, 0.4) is 0 Å². The molecule has 32 heavy (non-hydrogen) atoms. The summed E-state index contributed by atoms with van der Waals surface area (Å²) in [6, 6.07) is 14.6. The third-order valence-electron chi connectivity index (χ3n) is 6.71. The van der Waals surface area contributed by atoms with Crippen molar-refractivity contribution in [3.63, 3.8) is 0 Å². The maximum absolute atomic E-state index is 9.19. The molecule has 0 amide bonds. The van der Waals surface area contributed by atoms with Crippen molar-refractivity contribution < 1.29 is 22.1 Å². The van der Waals surface area contributed by atoms with Crippen LogP contribution in [0, 0.1) is 0 Å². The molecule has 1 fully saturated rings. The summed E-state index contributed by atoms with van der Waals surface area (Å²) in [5, 5.41) is 1.22. The summed E-state index contributed by atoms with van der Waals surface area (Å²) >= 11 is 0. The molecule has 1 spiro atoms. The minimum atomic E-state index is -3.67. The summed E-state index contributed by atoms with van der Waals surface area (Å²) in [4.78, 5) is 7.06. The van der Waals surface area contributed by atoms with Crippen molar-refractivity contribution in [2.75, 3.05) is 27.0 Å². The second-order valence-corrected chi connectivity index (χ2v) is 10.3. The SMILES string of the molecule is CN(C)C1(c2ccccn2)CCC2(CC1)OCCc1oc3ccccc3c12.CS(=O)(=O)O. The monoisotopic (exact) mass is 458 g/mol. The molecule has 0 unspecified atom stereocenters. The number of para-hydroxylation sites is 1. The van der Waals surface area contributed by atoms with Crippen LogP contribution < -0.4 is 0 Å². The van der Waals surface area contributed by atoms with Gasteiger partial charge in [0.2, 0.25) is 0 Å². The number of furan rings is 1. The van der Waals surface area contributed by atoms with Crippen molar-refractivity contribution in [3.8, 4) is 0 Å². The summed E-state index contributed by atoms with van der Waals surface area (Å²) in [5.74, 6) is 1.12. The fraction of sp³-hybridized carbons (Fsp3) is 0.458. The van der Waals surface area contributed by atoms with Crippen molar-refractivity contribution in [2.24, 2.45) is 0 Å². The van der Waals surface area contributed by atoms with Gasteiger partial charge in [-0.25, -0.2) is 0 Å². The van der Waals surface area contributed by atoms with Crippen LogP contribution in [0.5, 0.6) is 0 Å². The molecule has 0 radical (unpaired) electrons. The molecule has 2 aromatic heterocycles. The normalized spacial score (nSPS) is 25.4. The van der Waals surface area contributed by atoms with E-state index in [1.54, 1.807) is 0 Å². The number of nitrogens with zero attached hydrogens (tertiary/aromatic N) is 2. The fourth-order valence-corrected chi connectivity index (χ4v) is 5.22. The van der Waals surface area contributed by atoms with E-state index in [9.17, 15) is 8.42 Å². The molecule has 8 heteroatoms. The third kappa shape index (κ3) is 4.32. The standard InChI is InChI=1S/C23H26N2O2.CH4O3S/c1-25(2)22(20-9-5-6-15-24-20)11-13-23(14-12-22)21-17-7-3-4-8-18(17)27-19(21)10-16-26-23;1-5(2,3)4/h3-9,15H,10-14,16H2,1-2H3;1H3,(H,2,3,4). The summed E-state index contributed by atoms with van der Waals surface area (Å²) in [6.07, 6.45) is 7.50. The molecular weight excluding hydrogens is 428 g/mol. The topological polar surface area (TPSA) is 92.9 Å². The highest BCUT2D eigenvalue weighted by Crippen LogP contribution is 2.53. The van der Waals surface area contributed by atoms with E-state index in [0.29, 0.717) is 6.26 Å². The maximum atomic E-state index is 9.19. The zero-order valence-corrected chi connectivity index (χ0v) is 19.6. The molecular formula is C24H30N2O5S. The highest BCUT2D eigenvalue weighted by molar-refractivity contribution is 7.85. The molecule has 0 atom stereocenters. The van der Waals surface area contributed by atoms with Crippen molar-refractivity contribution in [1.82, 2.24) is 9.88 Å². The van der Waals surface area contributed by atoms with Gasteiger partial charge in [-0.3, -0.25) is 14.4 Å². The van der Waals surface area contributed by atoms with E-state index in [4.69, 9.17) is 18.7 Å². The van der Waals surface area contributed by atoms with Crippen molar-refractivity contribution in [1.29, 1.82) is 0 Å². The van der Waals surface area contributed by atoms with E-state index in [1.807, 2.05) is 18.3 Å². The first-order chi connectivity index (χ1) is 15.1. The van der Waals surface area contributed by atoms with Crippen LogP contribution in [0.15, 0.2) is 53.1 Å². The molecule has 0 saturated heterocycles. The summed E-state index contributed by atoms with van der Waals surface area (Å²) < 4.78 is 38.6. The minimum Gasteiger partial charge on any atom is -0.461 e. The Morgan fingerprint density at radius 2 is 1.69 bits per heavy atom. The lowest BCUT2D eigenvalue weighted by Crippen LogP contribution is -2.50. The van der Waals surface area contributed by atoms with Crippen LogP contribution in [0.4, 0.5) is 0 Å². The van der Waals surface area contributed by atoms with Crippen molar-refractivity contribution >= 4 is 21.1 Å². The highest BCUT2D eigenvalue weighted by atomic mass is 32.2. The average molecular weight is 459 g/mol. The number of aromatic nitrogens is 1. The summed E-state index contributed by atoms with van der Waals surface area (Å²) in [6.45, 7) is 0.741. The predicted molar refractivity (Wildman–Crippen MR) is 123 cm³/mol. The van der Waals surface area contributed by atoms with Gasteiger partial charge in [-0.05, 0) is 58.0 Å². The Bertz CT molecular complexity index is 1170. The number of rotatable bonds is 2. The van der Waals surface area contributed by atoms with Crippen LogP contribution in [0.2, 0.25) is 0 Å². The number of hydrogen-bond donors (Lipinski definition) is 1.